The predicted octanol–water partition coefficient (Wildman–Crippen LogP) is 3.88. The standard InChI is InChI=1S/C18H29NO2/c1-5-10-20-16-8-6-7-9-17(16)21-18-14(3)11-13(2)12-15(18)19-4/h6-9,13-15,18-19H,5,10-12H2,1-4H3. The third-order valence-electron chi connectivity index (χ3n) is 4.33. The highest BCUT2D eigenvalue weighted by atomic mass is 16.5. The zero-order chi connectivity index (χ0) is 15.2. The van der Waals surface area contributed by atoms with Crippen molar-refractivity contribution in [2.45, 2.75) is 52.2 Å². The monoisotopic (exact) mass is 291 g/mol. The minimum absolute atomic E-state index is 0.206. The number of likely N-dealkylation sites (N-methyl/N-ethyl adjacent to an activating group) is 1. The summed E-state index contributed by atoms with van der Waals surface area (Å²) in [5.74, 6) is 3.03. The van der Waals surface area contributed by atoms with Crippen molar-refractivity contribution >= 4 is 0 Å². The second kappa shape index (κ2) is 7.69. The van der Waals surface area contributed by atoms with Gasteiger partial charge in [0.1, 0.15) is 6.10 Å². The van der Waals surface area contributed by atoms with E-state index in [-0.39, 0.29) is 6.10 Å². The van der Waals surface area contributed by atoms with Gasteiger partial charge in [0.25, 0.3) is 0 Å². The van der Waals surface area contributed by atoms with Gasteiger partial charge in [-0.3, -0.25) is 0 Å². The molecule has 2 rings (SSSR count). The molecular formula is C18H29NO2. The van der Waals surface area contributed by atoms with E-state index in [1.54, 1.807) is 0 Å². The fourth-order valence-corrected chi connectivity index (χ4v) is 3.34. The number of hydrogen-bond donors (Lipinski definition) is 1. The van der Waals surface area contributed by atoms with Gasteiger partial charge in [0.2, 0.25) is 0 Å². The summed E-state index contributed by atoms with van der Waals surface area (Å²) in [4.78, 5) is 0. The highest BCUT2D eigenvalue weighted by Gasteiger charge is 2.35. The van der Waals surface area contributed by atoms with Crippen molar-refractivity contribution in [3.05, 3.63) is 24.3 Å². The zero-order valence-electron chi connectivity index (χ0n) is 13.8. The van der Waals surface area contributed by atoms with Gasteiger partial charge in [0.15, 0.2) is 11.5 Å². The van der Waals surface area contributed by atoms with Crippen molar-refractivity contribution in [3.63, 3.8) is 0 Å². The Morgan fingerprint density at radius 2 is 1.86 bits per heavy atom. The summed E-state index contributed by atoms with van der Waals surface area (Å²) in [6, 6.07) is 8.43. The SMILES string of the molecule is CCCOc1ccccc1OC1C(C)CC(C)CC1NC. The van der Waals surface area contributed by atoms with E-state index in [0.29, 0.717) is 12.0 Å². The van der Waals surface area contributed by atoms with Crippen molar-refractivity contribution < 1.29 is 9.47 Å². The molecule has 1 saturated carbocycles. The molecule has 1 aromatic carbocycles. The average molecular weight is 291 g/mol. The first kappa shape index (κ1) is 16.2. The molecule has 1 aliphatic rings. The van der Waals surface area contributed by atoms with E-state index < -0.39 is 0 Å². The van der Waals surface area contributed by atoms with Crippen molar-refractivity contribution in [1.29, 1.82) is 0 Å². The fourth-order valence-electron chi connectivity index (χ4n) is 3.34. The van der Waals surface area contributed by atoms with Crippen LogP contribution < -0.4 is 14.8 Å². The van der Waals surface area contributed by atoms with Crippen LogP contribution in [-0.4, -0.2) is 25.8 Å². The second-order valence-electron chi connectivity index (χ2n) is 6.33. The van der Waals surface area contributed by atoms with Crippen molar-refractivity contribution in [2.75, 3.05) is 13.7 Å². The van der Waals surface area contributed by atoms with Gasteiger partial charge in [-0.25, -0.2) is 0 Å². The van der Waals surface area contributed by atoms with E-state index in [1.165, 1.54) is 12.8 Å². The summed E-state index contributed by atoms with van der Waals surface area (Å²) in [6.07, 6.45) is 3.60. The molecule has 0 spiro atoms. The molecule has 1 fully saturated rings. The molecule has 0 aromatic heterocycles. The number of ether oxygens (including phenoxy) is 2. The first-order valence-electron chi connectivity index (χ1n) is 8.21. The van der Waals surface area contributed by atoms with Crippen LogP contribution in [0.5, 0.6) is 11.5 Å². The molecule has 118 valence electrons. The molecule has 0 bridgehead atoms. The van der Waals surface area contributed by atoms with E-state index >= 15 is 0 Å². The molecule has 0 amide bonds. The Morgan fingerprint density at radius 1 is 1.14 bits per heavy atom. The van der Waals surface area contributed by atoms with Gasteiger partial charge in [-0.2, -0.15) is 0 Å². The van der Waals surface area contributed by atoms with Crippen LogP contribution in [-0.2, 0) is 0 Å². The largest absolute Gasteiger partial charge is 0.490 e. The lowest BCUT2D eigenvalue weighted by atomic mass is 9.78. The summed E-state index contributed by atoms with van der Waals surface area (Å²) < 4.78 is 12.2. The number of para-hydroxylation sites is 2. The maximum absolute atomic E-state index is 6.36. The quantitative estimate of drug-likeness (QED) is 0.863. The predicted molar refractivity (Wildman–Crippen MR) is 87.1 cm³/mol. The second-order valence-corrected chi connectivity index (χ2v) is 6.33. The lowest BCUT2D eigenvalue weighted by Crippen LogP contribution is -2.49. The molecule has 3 nitrogen and oxygen atoms in total. The van der Waals surface area contributed by atoms with Gasteiger partial charge in [0, 0.05) is 6.04 Å². The molecule has 0 radical (unpaired) electrons. The fraction of sp³-hybridized carbons (Fsp3) is 0.667. The highest BCUT2D eigenvalue weighted by Crippen LogP contribution is 2.35. The third kappa shape index (κ3) is 4.13. The number of nitrogens with one attached hydrogen (secondary N) is 1. The first-order valence-corrected chi connectivity index (χ1v) is 8.21. The van der Waals surface area contributed by atoms with Crippen LogP contribution in [0.1, 0.15) is 40.0 Å². The Kier molecular flexibility index (Phi) is 5.92. The molecule has 1 aromatic rings. The zero-order valence-corrected chi connectivity index (χ0v) is 13.8. The summed E-state index contributed by atoms with van der Waals surface area (Å²) in [7, 11) is 2.03. The van der Waals surface area contributed by atoms with E-state index in [2.05, 4.69) is 26.1 Å². The molecule has 4 unspecified atom stereocenters. The Bertz CT molecular complexity index is 435. The molecule has 1 aliphatic carbocycles. The van der Waals surface area contributed by atoms with Gasteiger partial charge in [-0.05, 0) is 50.3 Å². The van der Waals surface area contributed by atoms with Gasteiger partial charge >= 0.3 is 0 Å². The molecule has 1 N–H and O–H groups in total. The lowest BCUT2D eigenvalue weighted by Gasteiger charge is -2.39. The van der Waals surface area contributed by atoms with Crippen LogP contribution >= 0.6 is 0 Å². The lowest BCUT2D eigenvalue weighted by molar-refractivity contribution is 0.0480. The van der Waals surface area contributed by atoms with E-state index in [9.17, 15) is 0 Å². The van der Waals surface area contributed by atoms with Crippen LogP contribution in [0.15, 0.2) is 24.3 Å². The minimum atomic E-state index is 0.206. The Hall–Kier alpha value is -1.22. The maximum atomic E-state index is 6.36. The Morgan fingerprint density at radius 3 is 2.52 bits per heavy atom. The van der Waals surface area contributed by atoms with Crippen molar-refractivity contribution in [2.24, 2.45) is 11.8 Å². The van der Waals surface area contributed by atoms with Crippen LogP contribution in [0.2, 0.25) is 0 Å². The molecule has 0 heterocycles. The number of hydrogen-bond acceptors (Lipinski definition) is 3. The normalized spacial score (nSPS) is 29.1. The smallest absolute Gasteiger partial charge is 0.161 e. The summed E-state index contributed by atoms with van der Waals surface area (Å²) in [5.41, 5.74) is 0. The molecule has 0 saturated heterocycles. The average Bonchev–Trinajstić information content (AvgIpc) is 2.48. The van der Waals surface area contributed by atoms with E-state index in [0.717, 1.165) is 30.4 Å². The van der Waals surface area contributed by atoms with Gasteiger partial charge in [0.05, 0.1) is 6.61 Å². The van der Waals surface area contributed by atoms with E-state index in [1.807, 2.05) is 31.3 Å². The van der Waals surface area contributed by atoms with Crippen molar-refractivity contribution in [1.82, 2.24) is 5.32 Å². The Labute approximate surface area is 129 Å². The molecule has 0 aliphatic heterocycles. The third-order valence-corrected chi connectivity index (χ3v) is 4.33. The first-order chi connectivity index (χ1) is 10.2. The van der Waals surface area contributed by atoms with Gasteiger partial charge in [-0.15, -0.1) is 0 Å². The molecule has 3 heteroatoms. The summed E-state index contributed by atoms with van der Waals surface area (Å²) in [6.45, 7) is 7.47. The van der Waals surface area contributed by atoms with Crippen LogP contribution in [0.3, 0.4) is 0 Å². The summed E-state index contributed by atoms with van der Waals surface area (Å²) in [5, 5.41) is 3.43. The minimum Gasteiger partial charge on any atom is -0.490 e. The number of rotatable bonds is 6. The number of benzene rings is 1. The van der Waals surface area contributed by atoms with Gasteiger partial charge in [-0.1, -0.05) is 32.9 Å². The van der Waals surface area contributed by atoms with Crippen LogP contribution in [0.25, 0.3) is 0 Å². The van der Waals surface area contributed by atoms with Crippen LogP contribution in [0, 0.1) is 11.8 Å². The van der Waals surface area contributed by atoms with Gasteiger partial charge < -0.3 is 14.8 Å². The van der Waals surface area contributed by atoms with Crippen LogP contribution in [0.4, 0.5) is 0 Å². The molecular weight excluding hydrogens is 262 g/mol. The topological polar surface area (TPSA) is 30.5 Å². The molecule has 4 atom stereocenters. The maximum Gasteiger partial charge on any atom is 0.161 e. The highest BCUT2D eigenvalue weighted by molar-refractivity contribution is 5.39. The Balaban J connectivity index is 2.12. The van der Waals surface area contributed by atoms with E-state index in [4.69, 9.17) is 9.47 Å². The molecule has 21 heavy (non-hydrogen) atoms. The van der Waals surface area contributed by atoms with Crippen molar-refractivity contribution in [3.8, 4) is 11.5 Å². The summed E-state index contributed by atoms with van der Waals surface area (Å²) >= 11 is 0.